The number of nitrogens with zero attached hydrogens (tertiary/aromatic N) is 4. The third-order valence-corrected chi connectivity index (χ3v) is 5.42. The zero-order chi connectivity index (χ0) is 21.1. The second kappa shape index (κ2) is 8.66. The average Bonchev–Trinajstić information content (AvgIpc) is 3.19. The highest BCUT2D eigenvalue weighted by atomic mass is 16.5. The number of hydrogen-bond acceptors (Lipinski definition) is 8. The second-order valence-corrected chi connectivity index (χ2v) is 7.45. The molecule has 0 aliphatic carbocycles. The van der Waals surface area contributed by atoms with Crippen LogP contribution in [0, 0.1) is 0 Å². The molecule has 1 fully saturated rings. The lowest BCUT2D eigenvalue weighted by atomic mass is 9.94. The molecule has 4 heterocycles. The van der Waals surface area contributed by atoms with Crippen LogP contribution in [0.25, 0.3) is 5.65 Å². The number of fused-ring (bicyclic) bond motifs is 1. The molecule has 1 N–H and O–H groups in total. The van der Waals surface area contributed by atoms with Crippen LogP contribution >= 0.6 is 0 Å². The van der Waals surface area contributed by atoms with Gasteiger partial charge in [-0.3, -0.25) is 14.5 Å². The summed E-state index contributed by atoms with van der Waals surface area (Å²) in [4.78, 5) is 31.2. The van der Waals surface area contributed by atoms with Crippen molar-refractivity contribution >= 4 is 11.6 Å². The van der Waals surface area contributed by atoms with E-state index in [4.69, 9.17) is 9.15 Å². The molecule has 0 saturated carbocycles. The Kier molecular flexibility index (Phi) is 5.80. The van der Waals surface area contributed by atoms with Crippen molar-refractivity contribution in [2.45, 2.75) is 38.1 Å². The summed E-state index contributed by atoms with van der Waals surface area (Å²) in [7, 11) is 1.29. The number of ether oxygens (including phenoxy) is 1. The number of piperidine rings is 1. The highest BCUT2D eigenvalue weighted by molar-refractivity contribution is 5.72. The van der Waals surface area contributed by atoms with E-state index in [1.807, 2.05) is 0 Å². The Hall–Kier alpha value is -3.20. The first-order valence-corrected chi connectivity index (χ1v) is 10.00. The first kappa shape index (κ1) is 20.1. The van der Waals surface area contributed by atoms with Crippen molar-refractivity contribution in [2.24, 2.45) is 0 Å². The van der Waals surface area contributed by atoms with Crippen molar-refractivity contribution in [1.82, 2.24) is 19.5 Å². The number of aromatic nitrogens is 3. The van der Waals surface area contributed by atoms with E-state index < -0.39 is 23.1 Å². The Morgan fingerprint density at radius 3 is 2.90 bits per heavy atom. The Morgan fingerprint density at radius 1 is 1.33 bits per heavy atom. The lowest BCUT2D eigenvalue weighted by Crippen LogP contribution is -2.29. The first-order valence-electron chi connectivity index (χ1n) is 10.00. The molecule has 9 nitrogen and oxygen atoms in total. The smallest absolute Gasteiger partial charge is 0.306 e. The van der Waals surface area contributed by atoms with Crippen LogP contribution in [-0.4, -0.2) is 50.8 Å². The third-order valence-electron chi connectivity index (χ3n) is 5.42. The summed E-state index contributed by atoms with van der Waals surface area (Å²) >= 11 is 0. The van der Waals surface area contributed by atoms with E-state index in [0.717, 1.165) is 25.9 Å². The number of rotatable bonds is 6. The molecule has 0 spiro atoms. The molecular weight excluding hydrogens is 388 g/mol. The molecule has 0 radical (unpaired) electrons. The van der Waals surface area contributed by atoms with Gasteiger partial charge in [0, 0.05) is 24.0 Å². The number of aromatic hydroxyl groups is 1. The Bertz CT molecular complexity index is 1100. The molecule has 30 heavy (non-hydrogen) atoms. The molecule has 1 aliphatic heterocycles. The van der Waals surface area contributed by atoms with Crippen LogP contribution in [0.3, 0.4) is 0 Å². The second-order valence-electron chi connectivity index (χ2n) is 7.45. The zero-order valence-electron chi connectivity index (χ0n) is 16.8. The molecule has 0 bridgehead atoms. The highest BCUT2D eigenvalue weighted by Gasteiger charge is 2.29. The van der Waals surface area contributed by atoms with E-state index >= 15 is 0 Å². The van der Waals surface area contributed by atoms with Crippen molar-refractivity contribution in [3.8, 4) is 5.75 Å². The summed E-state index contributed by atoms with van der Waals surface area (Å²) in [6.45, 7) is 2.34. The summed E-state index contributed by atoms with van der Waals surface area (Å²) < 4.78 is 12.4. The van der Waals surface area contributed by atoms with Gasteiger partial charge in [-0.15, -0.1) is 0 Å². The number of esters is 1. The van der Waals surface area contributed by atoms with Crippen molar-refractivity contribution in [3.05, 3.63) is 58.0 Å². The molecule has 1 saturated heterocycles. The van der Waals surface area contributed by atoms with Crippen LogP contribution in [0.5, 0.6) is 5.75 Å². The van der Waals surface area contributed by atoms with Gasteiger partial charge in [-0.1, -0.05) is 6.42 Å². The minimum absolute atomic E-state index is 0.0282. The molecule has 3 aromatic rings. The number of methoxy groups -OCH3 is 1. The average molecular weight is 412 g/mol. The first-order chi connectivity index (χ1) is 14.6. The topological polar surface area (TPSA) is 110 Å². The molecule has 0 aromatic carbocycles. The summed E-state index contributed by atoms with van der Waals surface area (Å²) in [5.41, 5.74) is 0.534. The maximum Gasteiger partial charge on any atom is 0.306 e. The molecule has 1 aliphatic rings. The molecule has 1 atom stereocenters. The summed E-state index contributed by atoms with van der Waals surface area (Å²) in [6, 6.07) is 3.05. The van der Waals surface area contributed by atoms with E-state index in [9.17, 15) is 14.7 Å². The fourth-order valence-electron chi connectivity index (χ4n) is 3.89. The van der Waals surface area contributed by atoms with E-state index in [0.29, 0.717) is 23.5 Å². The van der Waals surface area contributed by atoms with E-state index in [1.165, 1.54) is 19.6 Å². The van der Waals surface area contributed by atoms with Gasteiger partial charge in [0.2, 0.25) is 11.2 Å². The summed E-state index contributed by atoms with van der Waals surface area (Å²) in [6.07, 6.45) is 8.18. The molecular formula is C21H24N4O5. The fourth-order valence-corrected chi connectivity index (χ4v) is 3.89. The zero-order valence-corrected chi connectivity index (χ0v) is 16.8. The Balaban J connectivity index is 1.77. The van der Waals surface area contributed by atoms with Gasteiger partial charge in [0.15, 0.2) is 11.4 Å². The Labute approximate surface area is 172 Å². The lowest BCUT2D eigenvalue weighted by molar-refractivity contribution is -0.140. The fraction of sp³-hybridized carbons (Fsp3) is 0.429. The van der Waals surface area contributed by atoms with Gasteiger partial charge in [0.1, 0.15) is 5.76 Å². The van der Waals surface area contributed by atoms with E-state index in [-0.39, 0.29) is 12.2 Å². The van der Waals surface area contributed by atoms with E-state index in [1.54, 1.807) is 29.2 Å². The van der Waals surface area contributed by atoms with E-state index in [2.05, 4.69) is 15.0 Å². The maximum absolute atomic E-state index is 12.5. The van der Waals surface area contributed by atoms with Gasteiger partial charge in [-0.25, -0.2) is 9.50 Å². The van der Waals surface area contributed by atoms with Crippen LogP contribution in [-0.2, 0) is 16.1 Å². The van der Waals surface area contributed by atoms with Crippen LogP contribution in [0.4, 0.5) is 0 Å². The Morgan fingerprint density at radius 2 is 2.13 bits per heavy atom. The SMILES string of the molecule is COC(=O)C[C@@H](c1oc(CN2CCCCC2)cc(=O)c1O)c1cnn2cccnc12. The van der Waals surface area contributed by atoms with Crippen LogP contribution in [0.1, 0.15) is 48.7 Å². The predicted octanol–water partition coefficient (Wildman–Crippen LogP) is 2.07. The van der Waals surface area contributed by atoms with Crippen molar-refractivity contribution in [2.75, 3.05) is 20.2 Å². The van der Waals surface area contributed by atoms with Crippen molar-refractivity contribution < 1.29 is 19.1 Å². The number of hydrogen-bond donors (Lipinski definition) is 1. The van der Waals surface area contributed by atoms with Gasteiger partial charge in [-0.05, 0) is 32.0 Å². The monoisotopic (exact) mass is 412 g/mol. The van der Waals surface area contributed by atoms with Gasteiger partial charge in [0.25, 0.3) is 0 Å². The summed E-state index contributed by atoms with van der Waals surface area (Å²) in [5, 5.41) is 14.8. The summed E-state index contributed by atoms with van der Waals surface area (Å²) in [5.74, 6) is -1.30. The number of carbonyl (C=O) groups excluding carboxylic acids is 1. The van der Waals surface area contributed by atoms with Gasteiger partial charge in [0.05, 0.1) is 32.2 Å². The number of likely N-dealkylation sites (tertiary alicyclic amines) is 1. The molecule has 9 heteroatoms. The minimum Gasteiger partial charge on any atom is -0.502 e. The standard InChI is InChI=1S/C21H24N4O5/c1-29-18(27)11-15(16-12-23-25-9-5-6-22-21(16)25)20-19(28)17(26)10-14(30-20)13-24-7-3-2-4-8-24/h5-6,9-10,12,15,28H,2-4,7-8,11,13H2,1H3/t15-/m1/s1. The molecule has 4 rings (SSSR count). The van der Waals surface area contributed by atoms with Crippen LogP contribution in [0.15, 0.2) is 39.9 Å². The number of carbonyl (C=O) groups is 1. The lowest BCUT2D eigenvalue weighted by Gasteiger charge is -2.26. The van der Waals surface area contributed by atoms with Gasteiger partial charge < -0.3 is 14.3 Å². The van der Waals surface area contributed by atoms with Crippen molar-refractivity contribution in [3.63, 3.8) is 0 Å². The van der Waals surface area contributed by atoms with Crippen LogP contribution < -0.4 is 5.43 Å². The van der Waals surface area contributed by atoms with Crippen molar-refractivity contribution in [1.29, 1.82) is 0 Å². The molecule has 3 aromatic heterocycles. The molecule has 158 valence electrons. The maximum atomic E-state index is 12.5. The minimum atomic E-state index is -0.765. The molecule has 0 amide bonds. The molecule has 0 unspecified atom stereocenters. The normalized spacial score (nSPS) is 15.9. The third kappa shape index (κ3) is 4.06. The van der Waals surface area contributed by atoms with Gasteiger partial charge in [-0.2, -0.15) is 5.10 Å². The largest absolute Gasteiger partial charge is 0.502 e. The highest BCUT2D eigenvalue weighted by Crippen LogP contribution is 2.35. The van der Waals surface area contributed by atoms with Gasteiger partial charge >= 0.3 is 5.97 Å². The predicted molar refractivity (Wildman–Crippen MR) is 107 cm³/mol. The quantitative estimate of drug-likeness (QED) is 0.613. The van der Waals surface area contributed by atoms with Crippen LogP contribution in [0.2, 0.25) is 0 Å².